The summed E-state index contributed by atoms with van der Waals surface area (Å²) in [6.07, 6.45) is 2.38. The van der Waals surface area contributed by atoms with Crippen molar-refractivity contribution in [3.63, 3.8) is 0 Å². The number of rotatable bonds is 3. The molecule has 0 radical (unpaired) electrons. The van der Waals surface area contributed by atoms with E-state index in [2.05, 4.69) is 41.3 Å². The third-order valence-electron chi connectivity index (χ3n) is 2.22. The van der Waals surface area contributed by atoms with Gasteiger partial charge < -0.3 is 0 Å². The predicted molar refractivity (Wildman–Crippen MR) is 63.7 cm³/mol. The highest BCUT2D eigenvalue weighted by Gasteiger charge is 2.21. The fourth-order valence-electron chi connectivity index (χ4n) is 1.53. The average Bonchev–Trinajstić information content (AvgIpc) is 2.68. The maximum Gasteiger partial charge on any atom is 0.103 e. The van der Waals surface area contributed by atoms with E-state index in [4.69, 9.17) is 0 Å². The number of nitrogens with zero attached hydrogens (tertiary/aromatic N) is 2. The molecule has 1 heterocycles. The van der Waals surface area contributed by atoms with Crippen molar-refractivity contribution >= 4 is 23.0 Å². The summed E-state index contributed by atoms with van der Waals surface area (Å²) in [6, 6.07) is 10.3. The normalized spacial score (nSPS) is 20.4. The molecule has 0 amide bonds. The van der Waals surface area contributed by atoms with Gasteiger partial charge in [-0.05, 0) is 18.6 Å². The first-order valence-corrected chi connectivity index (χ1v) is 5.88. The van der Waals surface area contributed by atoms with Crippen LogP contribution in [0, 0.1) is 0 Å². The maximum absolute atomic E-state index is 4.38. The van der Waals surface area contributed by atoms with Crippen LogP contribution < -0.4 is 5.01 Å². The molecule has 1 aliphatic rings. The van der Waals surface area contributed by atoms with Crippen LogP contribution in [0.3, 0.4) is 0 Å². The van der Waals surface area contributed by atoms with Crippen LogP contribution in [-0.4, -0.2) is 10.9 Å². The lowest BCUT2D eigenvalue weighted by Gasteiger charge is -2.22. The minimum absolute atomic E-state index is 0.488. The lowest BCUT2D eigenvalue weighted by molar-refractivity contribution is 0.709. The second-order valence-electron chi connectivity index (χ2n) is 3.28. The molecule has 0 fully saturated rings. The summed E-state index contributed by atoms with van der Waals surface area (Å²) < 4.78 is 0. The topological polar surface area (TPSA) is 15.6 Å². The molecule has 74 valence electrons. The van der Waals surface area contributed by atoms with Gasteiger partial charge in [0.05, 0.1) is 11.2 Å². The van der Waals surface area contributed by atoms with E-state index < -0.39 is 0 Å². The Morgan fingerprint density at radius 2 is 2.14 bits per heavy atom. The van der Waals surface area contributed by atoms with E-state index >= 15 is 0 Å². The van der Waals surface area contributed by atoms with E-state index in [1.54, 1.807) is 11.8 Å². The highest BCUT2D eigenvalue weighted by Crippen LogP contribution is 2.30. The van der Waals surface area contributed by atoms with E-state index in [1.807, 2.05) is 11.6 Å². The van der Waals surface area contributed by atoms with E-state index in [1.165, 1.54) is 18.5 Å². The molecular weight excluding hydrogens is 192 g/mol. The Morgan fingerprint density at radius 1 is 1.36 bits per heavy atom. The molecule has 0 spiro atoms. The Kier molecular flexibility index (Phi) is 3.09. The largest absolute Gasteiger partial charge is 0.252 e. The number of hydrogen-bond acceptors (Lipinski definition) is 3. The summed E-state index contributed by atoms with van der Waals surface area (Å²) in [4.78, 5) is 0. The fraction of sp³-hybridized carbons (Fsp3) is 0.364. The third kappa shape index (κ3) is 1.93. The molecule has 0 N–H and O–H groups in total. The van der Waals surface area contributed by atoms with Crippen molar-refractivity contribution in [3.8, 4) is 0 Å². The highest BCUT2D eigenvalue weighted by atomic mass is 32.2. The number of benzene rings is 1. The van der Waals surface area contributed by atoms with Gasteiger partial charge in [-0.2, -0.15) is 5.10 Å². The number of para-hydroxylation sites is 1. The fourth-order valence-corrected chi connectivity index (χ4v) is 2.49. The summed E-state index contributed by atoms with van der Waals surface area (Å²) in [5.74, 6) is 0. The lowest BCUT2D eigenvalue weighted by Crippen LogP contribution is -2.23. The van der Waals surface area contributed by atoms with Crippen molar-refractivity contribution < 1.29 is 0 Å². The molecular formula is C11H14N2S. The molecule has 2 nitrogen and oxygen atoms in total. The van der Waals surface area contributed by atoms with Crippen LogP contribution in [0.25, 0.3) is 0 Å². The first kappa shape index (κ1) is 9.59. The second-order valence-corrected chi connectivity index (χ2v) is 4.31. The Morgan fingerprint density at radius 3 is 2.86 bits per heavy atom. The van der Waals surface area contributed by atoms with Gasteiger partial charge in [0.1, 0.15) is 5.37 Å². The zero-order valence-corrected chi connectivity index (χ0v) is 9.07. The van der Waals surface area contributed by atoms with Gasteiger partial charge in [0.25, 0.3) is 0 Å². The van der Waals surface area contributed by atoms with E-state index in [0.29, 0.717) is 5.37 Å². The lowest BCUT2D eigenvalue weighted by atomic mass is 10.3. The molecule has 1 aliphatic heterocycles. The Balaban J connectivity index is 2.13. The molecule has 1 atom stereocenters. The molecule has 1 aromatic rings. The standard InChI is InChI=1S/C11H14N2S/c1-2-6-11-13(12-9-14-11)10-7-4-3-5-8-10/h3-5,7-9,11H,2,6H2,1H3. The second kappa shape index (κ2) is 4.51. The molecule has 0 saturated heterocycles. The quantitative estimate of drug-likeness (QED) is 0.754. The smallest absolute Gasteiger partial charge is 0.103 e. The third-order valence-corrected chi connectivity index (χ3v) is 3.18. The molecule has 2 rings (SSSR count). The van der Waals surface area contributed by atoms with Gasteiger partial charge in [0.15, 0.2) is 0 Å². The van der Waals surface area contributed by atoms with Crippen LogP contribution >= 0.6 is 11.8 Å². The summed E-state index contributed by atoms with van der Waals surface area (Å²) in [6.45, 7) is 2.21. The molecule has 3 heteroatoms. The minimum atomic E-state index is 0.488. The van der Waals surface area contributed by atoms with Crippen LogP contribution in [-0.2, 0) is 0 Å². The minimum Gasteiger partial charge on any atom is -0.252 e. The molecule has 0 saturated carbocycles. The molecule has 0 aliphatic carbocycles. The van der Waals surface area contributed by atoms with Gasteiger partial charge in [-0.1, -0.05) is 43.3 Å². The summed E-state index contributed by atoms with van der Waals surface area (Å²) in [5.41, 5.74) is 3.13. The maximum atomic E-state index is 4.38. The van der Waals surface area contributed by atoms with Crippen LogP contribution in [0.2, 0.25) is 0 Å². The van der Waals surface area contributed by atoms with Crippen molar-refractivity contribution in [2.24, 2.45) is 5.10 Å². The molecule has 0 aromatic heterocycles. The first-order valence-electron chi connectivity index (χ1n) is 4.94. The molecule has 14 heavy (non-hydrogen) atoms. The zero-order valence-electron chi connectivity index (χ0n) is 8.26. The van der Waals surface area contributed by atoms with Gasteiger partial charge in [-0.3, -0.25) is 5.01 Å². The molecule has 0 bridgehead atoms. The zero-order chi connectivity index (χ0) is 9.80. The highest BCUT2D eigenvalue weighted by molar-refractivity contribution is 8.13. The van der Waals surface area contributed by atoms with Gasteiger partial charge >= 0.3 is 0 Å². The number of hydrogen-bond donors (Lipinski definition) is 0. The Bertz CT molecular complexity index is 310. The van der Waals surface area contributed by atoms with Crippen molar-refractivity contribution in [1.29, 1.82) is 0 Å². The summed E-state index contributed by atoms with van der Waals surface area (Å²) in [7, 11) is 0. The van der Waals surface area contributed by atoms with Crippen molar-refractivity contribution in [3.05, 3.63) is 30.3 Å². The summed E-state index contributed by atoms with van der Waals surface area (Å²) >= 11 is 1.80. The monoisotopic (exact) mass is 206 g/mol. The van der Waals surface area contributed by atoms with E-state index in [9.17, 15) is 0 Å². The average molecular weight is 206 g/mol. The van der Waals surface area contributed by atoms with Crippen LogP contribution in [0.4, 0.5) is 5.69 Å². The molecule has 1 unspecified atom stereocenters. The predicted octanol–water partition coefficient (Wildman–Crippen LogP) is 3.31. The van der Waals surface area contributed by atoms with Gasteiger partial charge in [-0.25, -0.2) is 0 Å². The van der Waals surface area contributed by atoms with Crippen molar-refractivity contribution in [2.75, 3.05) is 5.01 Å². The van der Waals surface area contributed by atoms with E-state index in [-0.39, 0.29) is 0 Å². The number of anilines is 1. The van der Waals surface area contributed by atoms with Gasteiger partial charge in [0, 0.05) is 0 Å². The van der Waals surface area contributed by atoms with Crippen molar-refractivity contribution in [1.82, 2.24) is 0 Å². The van der Waals surface area contributed by atoms with Crippen LogP contribution in [0.5, 0.6) is 0 Å². The van der Waals surface area contributed by atoms with Crippen LogP contribution in [0.15, 0.2) is 35.4 Å². The number of hydrazone groups is 1. The Labute approximate surface area is 89.0 Å². The Hall–Kier alpha value is -0.960. The van der Waals surface area contributed by atoms with E-state index in [0.717, 1.165) is 0 Å². The van der Waals surface area contributed by atoms with Gasteiger partial charge in [0.2, 0.25) is 0 Å². The van der Waals surface area contributed by atoms with Gasteiger partial charge in [-0.15, -0.1) is 0 Å². The number of thioether (sulfide) groups is 1. The summed E-state index contributed by atoms with van der Waals surface area (Å²) in [5, 5.41) is 6.97. The van der Waals surface area contributed by atoms with Crippen LogP contribution in [0.1, 0.15) is 19.8 Å². The SMILES string of the molecule is CCCC1SC=NN1c1ccccc1. The van der Waals surface area contributed by atoms with Crippen molar-refractivity contribution in [2.45, 2.75) is 25.1 Å². The first-order chi connectivity index (χ1) is 6.92. The molecule has 1 aromatic carbocycles.